The fourth-order valence-corrected chi connectivity index (χ4v) is 2.84. The van der Waals surface area contributed by atoms with E-state index in [1.807, 2.05) is 24.3 Å². The maximum Gasteiger partial charge on any atom is 0.244 e. The zero-order valence-electron chi connectivity index (χ0n) is 11.0. The zero-order valence-corrected chi connectivity index (χ0v) is 12.5. The van der Waals surface area contributed by atoms with Gasteiger partial charge in [-0.2, -0.15) is 0 Å². The third-order valence-electron chi connectivity index (χ3n) is 2.90. The highest BCUT2D eigenvalue weighted by molar-refractivity contribution is 7.17. The van der Waals surface area contributed by atoms with Gasteiger partial charge in [0.05, 0.1) is 4.34 Å². The van der Waals surface area contributed by atoms with E-state index in [0.717, 1.165) is 16.2 Å². The Morgan fingerprint density at radius 2 is 2.14 bits per heavy atom. The second-order valence-corrected chi connectivity index (χ2v) is 6.13. The van der Waals surface area contributed by atoms with Crippen molar-refractivity contribution in [2.24, 2.45) is 0 Å². The van der Waals surface area contributed by atoms with Crippen molar-refractivity contribution in [3.8, 4) is 11.5 Å². The quantitative estimate of drug-likeness (QED) is 0.877. The van der Waals surface area contributed by atoms with E-state index in [0.29, 0.717) is 16.6 Å². The minimum absolute atomic E-state index is 0.155. The van der Waals surface area contributed by atoms with Crippen molar-refractivity contribution in [2.45, 2.75) is 6.54 Å². The van der Waals surface area contributed by atoms with Crippen molar-refractivity contribution < 1.29 is 14.3 Å². The highest BCUT2D eigenvalue weighted by Crippen LogP contribution is 2.32. The monoisotopic (exact) mass is 321 g/mol. The largest absolute Gasteiger partial charge is 0.454 e. The van der Waals surface area contributed by atoms with E-state index in [9.17, 15) is 4.79 Å². The van der Waals surface area contributed by atoms with Gasteiger partial charge in [0.1, 0.15) is 0 Å². The Bertz CT molecular complexity index is 696. The molecular formula is C15H12ClNO3S. The first-order chi connectivity index (χ1) is 10.2. The van der Waals surface area contributed by atoms with Crippen LogP contribution in [0.4, 0.5) is 0 Å². The average Bonchev–Trinajstić information content (AvgIpc) is 3.10. The van der Waals surface area contributed by atoms with Crippen LogP contribution in [0.5, 0.6) is 11.5 Å². The number of benzene rings is 1. The number of hydrogen-bond donors (Lipinski definition) is 1. The van der Waals surface area contributed by atoms with Gasteiger partial charge in [-0.15, -0.1) is 11.3 Å². The molecule has 1 amide bonds. The molecule has 0 fully saturated rings. The molecule has 1 aliphatic rings. The Morgan fingerprint density at radius 1 is 1.29 bits per heavy atom. The molecule has 0 atom stereocenters. The molecule has 0 spiro atoms. The molecule has 4 nitrogen and oxygen atoms in total. The fraction of sp³-hybridized carbons (Fsp3) is 0.133. The SMILES string of the molecule is O=C(/C=C/c1ccc(Cl)s1)NCc1ccc2c(c1)OCO2. The molecule has 2 heterocycles. The average molecular weight is 322 g/mol. The van der Waals surface area contributed by atoms with Crippen molar-refractivity contribution >= 4 is 34.9 Å². The van der Waals surface area contributed by atoms with Crippen LogP contribution in [0.1, 0.15) is 10.4 Å². The van der Waals surface area contributed by atoms with Gasteiger partial charge in [0.2, 0.25) is 12.7 Å². The number of halogens is 1. The smallest absolute Gasteiger partial charge is 0.244 e. The summed E-state index contributed by atoms with van der Waals surface area (Å²) >= 11 is 7.25. The molecule has 1 aliphatic heterocycles. The Labute approximate surface area is 130 Å². The van der Waals surface area contributed by atoms with Crippen LogP contribution in [0.25, 0.3) is 6.08 Å². The van der Waals surface area contributed by atoms with Gasteiger partial charge in [0.25, 0.3) is 0 Å². The number of amides is 1. The normalized spacial score (nSPS) is 12.8. The molecule has 1 N–H and O–H groups in total. The lowest BCUT2D eigenvalue weighted by Crippen LogP contribution is -2.20. The van der Waals surface area contributed by atoms with Crippen LogP contribution in [-0.2, 0) is 11.3 Å². The van der Waals surface area contributed by atoms with E-state index in [2.05, 4.69) is 5.32 Å². The molecule has 0 bridgehead atoms. The number of hydrogen-bond acceptors (Lipinski definition) is 4. The topological polar surface area (TPSA) is 47.6 Å². The molecule has 0 unspecified atom stereocenters. The van der Waals surface area contributed by atoms with Crippen LogP contribution in [0.3, 0.4) is 0 Å². The second-order valence-electron chi connectivity index (χ2n) is 4.38. The first-order valence-electron chi connectivity index (χ1n) is 6.30. The van der Waals surface area contributed by atoms with E-state index in [-0.39, 0.29) is 12.7 Å². The Morgan fingerprint density at radius 3 is 2.95 bits per heavy atom. The van der Waals surface area contributed by atoms with Crippen LogP contribution < -0.4 is 14.8 Å². The van der Waals surface area contributed by atoms with Gasteiger partial charge in [-0.05, 0) is 35.9 Å². The van der Waals surface area contributed by atoms with E-state index in [4.69, 9.17) is 21.1 Å². The van der Waals surface area contributed by atoms with Crippen molar-refractivity contribution in [3.05, 3.63) is 51.2 Å². The van der Waals surface area contributed by atoms with Gasteiger partial charge in [0.15, 0.2) is 11.5 Å². The van der Waals surface area contributed by atoms with Gasteiger partial charge in [0, 0.05) is 17.5 Å². The molecule has 1 aromatic carbocycles. The van der Waals surface area contributed by atoms with E-state index < -0.39 is 0 Å². The number of carbonyl (C=O) groups excluding carboxylic acids is 1. The maximum absolute atomic E-state index is 11.7. The van der Waals surface area contributed by atoms with Crippen LogP contribution in [0.15, 0.2) is 36.4 Å². The summed E-state index contributed by atoms with van der Waals surface area (Å²) in [4.78, 5) is 12.7. The van der Waals surface area contributed by atoms with E-state index >= 15 is 0 Å². The molecule has 2 aromatic rings. The Kier molecular flexibility index (Phi) is 4.13. The molecule has 6 heteroatoms. The summed E-state index contributed by atoms with van der Waals surface area (Å²) in [6, 6.07) is 9.28. The van der Waals surface area contributed by atoms with Gasteiger partial charge in [-0.3, -0.25) is 4.79 Å². The predicted octanol–water partition coefficient (Wildman–Crippen LogP) is 3.46. The van der Waals surface area contributed by atoms with Crippen LogP contribution in [-0.4, -0.2) is 12.7 Å². The number of carbonyl (C=O) groups is 1. The van der Waals surface area contributed by atoms with Gasteiger partial charge < -0.3 is 14.8 Å². The minimum Gasteiger partial charge on any atom is -0.454 e. The summed E-state index contributed by atoms with van der Waals surface area (Å²) in [7, 11) is 0. The van der Waals surface area contributed by atoms with Crippen molar-refractivity contribution in [1.82, 2.24) is 5.32 Å². The van der Waals surface area contributed by atoms with E-state index in [1.54, 1.807) is 12.1 Å². The summed E-state index contributed by atoms with van der Waals surface area (Å²) in [5.41, 5.74) is 0.958. The summed E-state index contributed by atoms with van der Waals surface area (Å²) in [5, 5.41) is 2.82. The third kappa shape index (κ3) is 3.56. The molecule has 21 heavy (non-hydrogen) atoms. The minimum atomic E-state index is -0.155. The molecule has 1 aromatic heterocycles. The lowest BCUT2D eigenvalue weighted by Gasteiger charge is -2.03. The van der Waals surface area contributed by atoms with Crippen LogP contribution in [0.2, 0.25) is 4.34 Å². The molecular weight excluding hydrogens is 310 g/mol. The molecule has 0 radical (unpaired) electrons. The van der Waals surface area contributed by atoms with E-state index in [1.165, 1.54) is 17.4 Å². The fourth-order valence-electron chi connectivity index (χ4n) is 1.87. The highest BCUT2D eigenvalue weighted by atomic mass is 35.5. The van der Waals surface area contributed by atoms with Gasteiger partial charge in [-0.1, -0.05) is 17.7 Å². The number of nitrogens with one attached hydrogen (secondary N) is 1. The van der Waals surface area contributed by atoms with Gasteiger partial charge >= 0.3 is 0 Å². The van der Waals surface area contributed by atoms with Crippen LogP contribution >= 0.6 is 22.9 Å². The molecule has 0 saturated heterocycles. The number of fused-ring (bicyclic) bond motifs is 1. The maximum atomic E-state index is 11.7. The highest BCUT2D eigenvalue weighted by Gasteiger charge is 2.13. The Hall–Kier alpha value is -1.98. The summed E-state index contributed by atoms with van der Waals surface area (Å²) in [6.07, 6.45) is 3.24. The Balaban J connectivity index is 1.55. The molecule has 0 aliphatic carbocycles. The lowest BCUT2D eigenvalue weighted by atomic mass is 10.2. The summed E-state index contributed by atoms with van der Waals surface area (Å²) < 4.78 is 11.2. The molecule has 3 rings (SSSR count). The number of ether oxygens (including phenoxy) is 2. The van der Waals surface area contributed by atoms with Gasteiger partial charge in [-0.25, -0.2) is 0 Å². The molecule has 108 valence electrons. The van der Waals surface area contributed by atoms with Crippen molar-refractivity contribution in [2.75, 3.05) is 6.79 Å². The lowest BCUT2D eigenvalue weighted by molar-refractivity contribution is -0.116. The number of rotatable bonds is 4. The summed E-state index contributed by atoms with van der Waals surface area (Å²) in [6.45, 7) is 0.683. The summed E-state index contributed by atoms with van der Waals surface area (Å²) in [5.74, 6) is 1.29. The van der Waals surface area contributed by atoms with Crippen LogP contribution in [0, 0.1) is 0 Å². The first kappa shape index (κ1) is 14.0. The standard InChI is InChI=1S/C15H12ClNO3S/c16-14-5-2-11(21-14)3-6-15(18)17-8-10-1-4-12-13(7-10)20-9-19-12/h1-7H,8-9H2,(H,17,18)/b6-3+. The van der Waals surface area contributed by atoms with Crippen molar-refractivity contribution in [1.29, 1.82) is 0 Å². The second kappa shape index (κ2) is 6.20. The predicted molar refractivity (Wildman–Crippen MR) is 82.8 cm³/mol. The molecule has 0 saturated carbocycles. The van der Waals surface area contributed by atoms with Crippen molar-refractivity contribution in [3.63, 3.8) is 0 Å². The first-order valence-corrected chi connectivity index (χ1v) is 7.50. The zero-order chi connectivity index (χ0) is 14.7. The third-order valence-corrected chi connectivity index (χ3v) is 4.09. The number of thiophene rings is 1.